The highest BCUT2D eigenvalue weighted by molar-refractivity contribution is 14.0. The first-order valence-corrected chi connectivity index (χ1v) is 8.91. The third kappa shape index (κ3) is 4.04. The second kappa shape index (κ2) is 9.04. The molecular weight excluding hydrogens is 413 g/mol. The molecule has 0 heterocycles. The van der Waals surface area contributed by atoms with Crippen molar-refractivity contribution in [1.29, 1.82) is 0 Å². The van der Waals surface area contributed by atoms with E-state index in [0.717, 1.165) is 32.0 Å². The van der Waals surface area contributed by atoms with E-state index in [9.17, 15) is 0 Å². The Hall–Kier alpha value is -0.820. The fraction of sp³-hybridized carbons (Fsp3) is 0.632. The van der Waals surface area contributed by atoms with E-state index >= 15 is 0 Å². The second-order valence-electron chi connectivity index (χ2n) is 6.70. The summed E-state index contributed by atoms with van der Waals surface area (Å²) in [6, 6.07) is 11.1. The fourth-order valence-corrected chi connectivity index (χ4v) is 3.97. The number of nitrogens with zero attached hydrogens (tertiary/aromatic N) is 1. The highest BCUT2D eigenvalue weighted by Crippen LogP contribution is 2.57. The van der Waals surface area contributed by atoms with E-state index in [1.807, 2.05) is 7.05 Å². The molecule has 5 heteroatoms. The van der Waals surface area contributed by atoms with E-state index in [-0.39, 0.29) is 24.0 Å². The van der Waals surface area contributed by atoms with Crippen molar-refractivity contribution in [1.82, 2.24) is 10.6 Å². The highest BCUT2D eigenvalue weighted by Gasteiger charge is 2.59. The van der Waals surface area contributed by atoms with Crippen LogP contribution in [0, 0.1) is 5.41 Å². The van der Waals surface area contributed by atoms with Gasteiger partial charge in [0.2, 0.25) is 0 Å². The van der Waals surface area contributed by atoms with Crippen LogP contribution < -0.4 is 10.6 Å². The summed E-state index contributed by atoms with van der Waals surface area (Å²) in [6.45, 7) is 3.82. The van der Waals surface area contributed by atoms with Crippen molar-refractivity contribution in [2.45, 2.75) is 51.2 Å². The minimum atomic E-state index is 0. The topological polar surface area (TPSA) is 45.6 Å². The number of benzene rings is 1. The van der Waals surface area contributed by atoms with E-state index in [0.29, 0.717) is 17.6 Å². The van der Waals surface area contributed by atoms with Gasteiger partial charge in [-0.05, 0) is 38.2 Å². The molecule has 2 aliphatic carbocycles. The summed E-state index contributed by atoms with van der Waals surface area (Å²) in [4.78, 5) is 4.39. The van der Waals surface area contributed by atoms with E-state index in [1.165, 1.54) is 24.8 Å². The Bertz CT molecular complexity index is 531. The van der Waals surface area contributed by atoms with Gasteiger partial charge in [0.05, 0.1) is 6.10 Å². The maximum absolute atomic E-state index is 5.92. The Balaban J connectivity index is 0.00000208. The first-order chi connectivity index (χ1) is 11.3. The summed E-state index contributed by atoms with van der Waals surface area (Å²) in [5.74, 6) is 0.923. The molecule has 24 heavy (non-hydrogen) atoms. The van der Waals surface area contributed by atoms with Crippen LogP contribution >= 0.6 is 24.0 Å². The molecule has 1 aromatic carbocycles. The number of hydrogen-bond acceptors (Lipinski definition) is 2. The van der Waals surface area contributed by atoms with Gasteiger partial charge >= 0.3 is 0 Å². The molecule has 0 aliphatic heterocycles. The molecule has 0 radical (unpaired) electrons. The van der Waals surface area contributed by atoms with Crippen molar-refractivity contribution in [2.75, 3.05) is 20.2 Å². The zero-order valence-electron chi connectivity index (χ0n) is 14.8. The van der Waals surface area contributed by atoms with E-state index < -0.39 is 0 Å². The molecule has 4 nitrogen and oxygen atoms in total. The van der Waals surface area contributed by atoms with Gasteiger partial charge in [-0.25, -0.2) is 0 Å². The number of halogens is 1. The zero-order chi connectivity index (χ0) is 16.1. The minimum absolute atomic E-state index is 0. The molecule has 0 saturated heterocycles. The summed E-state index contributed by atoms with van der Waals surface area (Å²) < 4.78 is 5.92. The standard InChI is InChI=1S/C19H29N3O.HI/c1-3-23-17-14-16(19(17)11-7-12-19)22-18(20-2)21-13-10-15-8-5-4-6-9-15;/h4-6,8-9,16-17H,3,7,10-14H2,1-2H3,(H2,20,21,22);1H. The molecule has 3 rings (SSSR count). The molecule has 2 saturated carbocycles. The van der Waals surface area contributed by atoms with Crippen molar-refractivity contribution in [3.63, 3.8) is 0 Å². The lowest BCUT2D eigenvalue weighted by molar-refractivity contribution is -0.168. The first kappa shape index (κ1) is 19.5. The molecule has 2 aliphatic rings. The fourth-order valence-electron chi connectivity index (χ4n) is 3.97. The van der Waals surface area contributed by atoms with Crippen LogP contribution in [0.3, 0.4) is 0 Å². The summed E-state index contributed by atoms with van der Waals surface area (Å²) in [6.07, 6.45) is 6.47. The monoisotopic (exact) mass is 443 g/mol. The van der Waals surface area contributed by atoms with E-state index in [4.69, 9.17) is 4.74 Å². The van der Waals surface area contributed by atoms with Crippen LogP contribution in [-0.4, -0.2) is 38.3 Å². The van der Waals surface area contributed by atoms with Gasteiger partial charge in [0.15, 0.2) is 5.96 Å². The molecule has 134 valence electrons. The number of rotatable bonds is 6. The van der Waals surface area contributed by atoms with Crippen molar-refractivity contribution < 1.29 is 4.74 Å². The highest BCUT2D eigenvalue weighted by atomic mass is 127. The Morgan fingerprint density at radius 2 is 2.04 bits per heavy atom. The molecule has 0 aromatic heterocycles. The molecule has 2 unspecified atom stereocenters. The third-order valence-electron chi connectivity index (χ3n) is 5.52. The van der Waals surface area contributed by atoms with Crippen molar-refractivity contribution >= 4 is 29.9 Å². The lowest BCUT2D eigenvalue weighted by Crippen LogP contribution is -2.68. The summed E-state index contributed by atoms with van der Waals surface area (Å²) in [5.41, 5.74) is 1.72. The van der Waals surface area contributed by atoms with E-state index in [2.05, 4.69) is 52.9 Å². The van der Waals surface area contributed by atoms with Gasteiger partial charge < -0.3 is 15.4 Å². The molecule has 1 aromatic rings. The molecule has 1 spiro atoms. The minimum Gasteiger partial charge on any atom is -0.378 e. The van der Waals surface area contributed by atoms with Crippen LogP contribution in [-0.2, 0) is 11.2 Å². The van der Waals surface area contributed by atoms with Gasteiger partial charge in [-0.2, -0.15) is 0 Å². The predicted octanol–water partition coefficient (Wildman–Crippen LogP) is 3.36. The Labute approximate surface area is 162 Å². The summed E-state index contributed by atoms with van der Waals surface area (Å²) >= 11 is 0. The Kier molecular flexibility index (Phi) is 7.34. The first-order valence-electron chi connectivity index (χ1n) is 8.91. The average Bonchev–Trinajstić information content (AvgIpc) is 2.51. The number of aliphatic imine (C=N–C) groups is 1. The van der Waals surface area contributed by atoms with Gasteiger partial charge in [0.1, 0.15) is 0 Å². The van der Waals surface area contributed by atoms with Crippen LogP contribution in [0.25, 0.3) is 0 Å². The third-order valence-corrected chi connectivity index (χ3v) is 5.52. The lowest BCUT2D eigenvalue weighted by atomic mass is 9.51. The molecule has 2 fully saturated rings. The van der Waals surface area contributed by atoms with Gasteiger partial charge in [-0.15, -0.1) is 24.0 Å². The van der Waals surface area contributed by atoms with Crippen molar-refractivity contribution in [3.8, 4) is 0 Å². The molecule has 2 N–H and O–H groups in total. The van der Waals surface area contributed by atoms with Gasteiger partial charge in [0.25, 0.3) is 0 Å². The van der Waals surface area contributed by atoms with Gasteiger partial charge in [-0.1, -0.05) is 36.8 Å². The maximum Gasteiger partial charge on any atom is 0.191 e. The quantitative estimate of drug-likeness (QED) is 0.403. The van der Waals surface area contributed by atoms with Crippen LogP contribution in [0.2, 0.25) is 0 Å². The van der Waals surface area contributed by atoms with Crippen LogP contribution in [0.1, 0.15) is 38.2 Å². The zero-order valence-corrected chi connectivity index (χ0v) is 17.1. The van der Waals surface area contributed by atoms with Gasteiger partial charge in [-0.3, -0.25) is 4.99 Å². The smallest absolute Gasteiger partial charge is 0.191 e. The van der Waals surface area contributed by atoms with Gasteiger partial charge in [0, 0.05) is 31.7 Å². The predicted molar refractivity (Wildman–Crippen MR) is 110 cm³/mol. The second-order valence-corrected chi connectivity index (χ2v) is 6.70. The summed E-state index contributed by atoms with van der Waals surface area (Å²) in [7, 11) is 1.85. The Morgan fingerprint density at radius 3 is 2.62 bits per heavy atom. The van der Waals surface area contributed by atoms with E-state index in [1.54, 1.807) is 0 Å². The van der Waals surface area contributed by atoms with Crippen molar-refractivity contribution in [3.05, 3.63) is 35.9 Å². The number of guanidine groups is 1. The normalized spacial score (nSPS) is 24.5. The lowest BCUT2D eigenvalue weighted by Gasteiger charge is -2.61. The maximum atomic E-state index is 5.92. The SMILES string of the molecule is CCOC1CC(NC(=NC)NCCc2ccccc2)C12CCC2.I. The molecular formula is C19H30IN3O. The largest absolute Gasteiger partial charge is 0.378 e. The van der Waals surface area contributed by atoms with Crippen LogP contribution in [0.5, 0.6) is 0 Å². The molecule has 0 bridgehead atoms. The number of ether oxygens (including phenoxy) is 1. The number of hydrogen-bond donors (Lipinski definition) is 2. The average molecular weight is 443 g/mol. The summed E-state index contributed by atoms with van der Waals surface area (Å²) in [5, 5.41) is 7.08. The van der Waals surface area contributed by atoms with Crippen molar-refractivity contribution in [2.24, 2.45) is 10.4 Å². The Morgan fingerprint density at radius 1 is 1.29 bits per heavy atom. The molecule has 2 atom stereocenters. The van der Waals surface area contributed by atoms with Crippen LogP contribution in [0.15, 0.2) is 35.3 Å². The van der Waals surface area contributed by atoms with Crippen LogP contribution in [0.4, 0.5) is 0 Å². The number of nitrogens with one attached hydrogen (secondary N) is 2. The molecule has 0 amide bonds.